The third-order valence-electron chi connectivity index (χ3n) is 2.69. The number of rotatable bonds is 3. The summed E-state index contributed by atoms with van der Waals surface area (Å²) in [6.07, 6.45) is -4.73. The van der Waals surface area contributed by atoms with E-state index in [1.807, 2.05) is 0 Å². The van der Waals surface area contributed by atoms with Crippen LogP contribution < -0.4 is 15.0 Å². The van der Waals surface area contributed by atoms with Gasteiger partial charge in [-0.05, 0) is 18.2 Å². The number of nitrogens with zero attached hydrogens (tertiary/aromatic N) is 1. The smallest absolute Gasteiger partial charge is 0.449 e. The van der Waals surface area contributed by atoms with Crippen molar-refractivity contribution < 1.29 is 22.6 Å². The Bertz CT molecular complexity index is 711. The van der Waals surface area contributed by atoms with Crippen molar-refractivity contribution >= 4 is 0 Å². The molecule has 0 radical (unpaired) electrons. The quantitative estimate of drug-likeness (QED) is 0.945. The molecule has 0 spiro atoms. The number of aromatic nitrogens is 2. The minimum Gasteiger partial charge on any atom is -0.493 e. The van der Waals surface area contributed by atoms with Gasteiger partial charge in [-0.2, -0.15) is 13.2 Å². The van der Waals surface area contributed by atoms with Crippen LogP contribution in [0.4, 0.5) is 13.2 Å². The van der Waals surface area contributed by atoms with Gasteiger partial charge < -0.3 is 14.5 Å². The zero-order valence-corrected chi connectivity index (χ0v) is 11.1. The molecule has 0 bridgehead atoms. The number of halogens is 3. The van der Waals surface area contributed by atoms with E-state index < -0.39 is 17.6 Å². The van der Waals surface area contributed by atoms with Gasteiger partial charge >= 0.3 is 6.18 Å². The molecular weight excluding hydrogens is 289 g/mol. The number of alkyl halides is 3. The molecule has 21 heavy (non-hydrogen) atoms. The lowest BCUT2D eigenvalue weighted by atomic mass is 10.1. The Kier molecular flexibility index (Phi) is 3.88. The predicted octanol–water partition coefficient (Wildman–Crippen LogP) is 2.47. The Balaban J connectivity index is 2.57. The maximum absolute atomic E-state index is 12.7. The van der Waals surface area contributed by atoms with Gasteiger partial charge in [-0.3, -0.25) is 4.79 Å². The lowest BCUT2D eigenvalue weighted by Crippen LogP contribution is -2.18. The molecule has 0 saturated heterocycles. The van der Waals surface area contributed by atoms with Crippen molar-refractivity contribution in [2.75, 3.05) is 14.2 Å². The number of ether oxygens (including phenoxy) is 2. The van der Waals surface area contributed by atoms with Gasteiger partial charge in [0.15, 0.2) is 11.5 Å². The second kappa shape index (κ2) is 5.47. The molecule has 112 valence electrons. The topological polar surface area (TPSA) is 64.2 Å². The van der Waals surface area contributed by atoms with Gasteiger partial charge in [0.1, 0.15) is 0 Å². The third-order valence-corrected chi connectivity index (χ3v) is 2.69. The summed E-state index contributed by atoms with van der Waals surface area (Å²) in [4.78, 5) is 16.4. The summed E-state index contributed by atoms with van der Waals surface area (Å²) in [5, 5.41) is 0. The predicted molar refractivity (Wildman–Crippen MR) is 68.4 cm³/mol. The summed E-state index contributed by atoms with van der Waals surface area (Å²) in [6, 6.07) is 5.44. The molecule has 2 aromatic rings. The van der Waals surface area contributed by atoms with E-state index in [1.165, 1.54) is 32.4 Å². The van der Waals surface area contributed by atoms with E-state index in [9.17, 15) is 18.0 Å². The lowest BCUT2D eigenvalue weighted by molar-refractivity contribution is -0.145. The van der Waals surface area contributed by atoms with Crippen molar-refractivity contribution in [3.05, 3.63) is 40.4 Å². The Hall–Kier alpha value is -2.51. The molecule has 0 unspecified atom stereocenters. The van der Waals surface area contributed by atoms with Crippen LogP contribution in [0.3, 0.4) is 0 Å². The van der Waals surface area contributed by atoms with E-state index >= 15 is 0 Å². The van der Waals surface area contributed by atoms with E-state index in [-0.39, 0.29) is 5.69 Å². The number of benzene rings is 1. The first-order chi connectivity index (χ1) is 9.85. The Labute approximate surface area is 117 Å². The first-order valence-electron chi connectivity index (χ1n) is 5.76. The first-order valence-corrected chi connectivity index (χ1v) is 5.76. The van der Waals surface area contributed by atoms with Crippen molar-refractivity contribution in [3.63, 3.8) is 0 Å². The van der Waals surface area contributed by atoms with Crippen LogP contribution in [-0.4, -0.2) is 24.2 Å². The Morgan fingerprint density at radius 2 is 1.76 bits per heavy atom. The summed E-state index contributed by atoms with van der Waals surface area (Å²) in [5.41, 5.74) is -0.682. The van der Waals surface area contributed by atoms with Gasteiger partial charge in [-0.15, -0.1) is 0 Å². The minimum atomic E-state index is -4.73. The van der Waals surface area contributed by atoms with Crippen LogP contribution in [0.1, 0.15) is 5.82 Å². The van der Waals surface area contributed by atoms with E-state index in [2.05, 4.69) is 4.98 Å². The molecule has 5 nitrogen and oxygen atoms in total. The fraction of sp³-hybridized carbons (Fsp3) is 0.231. The van der Waals surface area contributed by atoms with Gasteiger partial charge in [0.05, 0.1) is 19.9 Å². The second-order valence-corrected chi connectivity index (χ2v) is 4.05. The van der Waals surface area contributed by atoms with Crippen LogP contribution in [-0.2, 0) is 6.18 Å². The van der Waals surface area contributed by atoms with Gasteiger partial charge in [-0.25, -0.2) is 4.98 Å². The summed E-state index contributed by atoms with van der Waals surface area (Å²) in [6.45, 7) is 0. The average Bonchev–Trinajstić information content (AvgIpc) is 2.45. The van der Waals surface area contributed by atoms with Crippen LogP contribution in [0.5, 0.6) is 11.5 Å². The number of H-pyrrole nitrogens is 1. The number of aromatic amines is 1. The molecule has 1 heterocycles. The van der Waals surface area contributed by atoms with Crippen LogP contribution in [0.15, 0.2) is 29.1 Å². The molecule has 2 rings (SSSR count). The molecule has 0 amide bonds. The summed E-state index contributed by atoms with van der Waals surface area (Å²) in [5.74, 6) is -0.604. The fourth-order valence-electron chi connectivity index (χ4n) is 1.74. The summed E-state index contributed by atoms with van der Waals surface area (Å²) >= 11 is 0. The maximum atomic E-state index is 12.7. The van der Waals surface area contributed by atoms with E-state index in [0.29, 0.717) is 17.1 Å². The number of hydrogen-bond acceptors (Lipinski definition) is 4. The average molecular weight is 300 g/mol. The van der Waals surface area contributed by atoms with E-state index in [1.54, 1.807) is 4.98 Å². The van der Waals surface area contributed by atoms with Gasteiger partial charge in [-0.1, -0.05) is 0 Å². The normalized spacial score (nSPS) is 11.3. The third kappa shape index (κ3) is 3.15. The zero-order chi connectivity index (χ0) is 15.6. The van der Waals surface area contributed by atoms with Crippen LogP contribution in [0.25, 0.3) is 11.3 Å². The van der Waals surface area contributed by atoms with Gasteiger partial charge in [0.25, 0.3) is 5.56 Å². The fourth-order valence-corrected chi connectivity index (χ4v) is 1.74. The number of methoxy groups -OCH3 is 2. The molecule has 0 fully saturated rings. The van der Waals surface area contributed by atoms with Crippen LogP contribution >= 0.6 is 0 Å². The second-order valence-electron chi connectivity index (χ2n) is 4.05. The monoisotopic (exact) mass is 300 g/mol. The van der Waals surface area contributed by atoms with Crippen molar-refractivity contribution in [1.82, 2.24) is 9.97 Å². The molecular formula is C13H11F3N2O3. The highest BCUT2D eigenvalue weighted by molar-refractivity contribution is 5.63. The standard InChI is InChI=1S/C13H11F3N2O3/c1-20-9-4-3-7(5-10(9)21-2)8-6-11(19)18-12(17-8)13(14,15)16/h3-6H,1-2H3,(H,17,18,19). The lowest BCUT2D eigenvalue weighted by Gasteiger charge is -2.10. The largest absolute Gasteiger partial charge is 0.493 e. The van der Waals surface area contributed by atoms with E-state index in [0.717, 1.165) is 6.07 Å². The van der Waals surface area contributed by atoms with Crippen molar-refractivity contribution in [3.8, 4) is 22.8 Å². The van der Waals surface area contributed by atoms with Gasteiger partial charge in [0, 0.05) is 11.6 Å². The molecule has 0 aliphatic heterocycles. The SMILES string of the molecule is COc1ccc(-c2cc(=O)[nH]c(C(F)(F)F)n2)cc1OC. The zero-order valence-electron chi connectivity index (χ0n) is 11.1. The highest BCUT2D eigenvalue weighted by atomic mass is 19.4. The molecule has 0 aliphatic carbocycles. The highest BCUT2D eigenvalue weighted by Crippen LogP contribution is 2.32. The molecule has 1 aromatic carbocycles. The molecule has 0 saturated carbocycles. The Morgan fingerprint density at radius 3 is 2.33 bits per heavy atom. The van der Waals surface area contributed by atoms with Crippen molar-refractivity contribution in [2.24, 2.45) is 0 Å². The summed E-state index contributed by atoms with van der Waals surface area (Å²) < 4.78 is 48.1. The first kappa shape index (κ1) is 14.9. The van der Waals surface area contributed by atoms with Crippen LogP contribution in [0, 0.1) is 0 Å². The van der Waals surface area contributed by atoms with Crippen LogP contribution in [0.2, 0.25) is 0 Å². The number of nitrogens with one attached hydrogen (secondary N) is 1. The molecule has 1 aromatic heterocycles. The maximum Gasteiger partial charge on any atom is 0.449 e. The number of hydrogen-bond donors (Lipinski definition) is 1. The molecule has 1 N–H and O–H groups in total. The molecule has 0 atom stereocenters. The molecule has 0 aliphatic rings. The van der Waals surface area contributed by atoms with E-state index in [4.69, 9.17) is 9.47 Å². The van der Waals surface area contributed by atoms with Gasteiger partial charge in [0.2, 0.25) is 5.82 Å². The van der Waals surface area contributed by atoms with Crippen molar-refractivity contribution in [1.29, 1.82) is 0 Å². The minimum absolute atomic E-state index is 0.105. The molecule has 8 heteroatoms. The van der Waals surface area contributed by atoms with Crippen molar-refractivity contribution in [2.45, 2.75) is 6.18 Å². The Morgan fingerprint density at radius 1 is 1.10 bits per heavy atom. The highest BCUT2D eigenvalue weighted by Gasteiger charge is 2.34. The summed E-state index contributed by atoms with van der Waals surface area (Å²) in [7, 11) is 2.83.